The molecule has 1 aliphatic heterocycles. The van der Waals surface area contributed by atoms with E-state index in [1.165, 1.54) is 0 Å². The molecule has 4 nitrogen and oxygen atoms in total. The van der Waals surface area contributed by atoms with Crippen molar-refractivity contribution in [2.75, 3.05) is 20.1 Å². The van der Waals surface area contributed by atoms with Crippen molar-refractivity contribution in [1.29, 1.82) is 0 Å². The Labute approximate surface area is 89.1 Å². The zero-order valence-corrected chi connectivity index (χ0v) is 9.36. The van der Waals surface area contributed by atoms with Crippen molar-refractivity contribution >= 4 is 35.9 Å². The van der Waals surface area contributed by atoms with E-state index in [0.717, 1.165) is 13.1 Å². The van der Waals surface area contributed by atoms with Gasteiger partial charge in [0.2, 0.25) is 0 Å². The Hall–Kier alpha value is 0.550. The normalized spacial score (nSPS) is 30.5. The summed E-state index contributed by atoms with van der Waals surface area (Å²) in [4.78, 5) is 4.04. The van der Waals surface area contributed by atoms with Crippen LogP contribution in [0.25, 0.3) is 0 Å². The van der Waals surface area contributed by atoms with Crippen molar-refractivity contribution in [3.05, 3.63) is 0 Å². The summed E-state index contributed by atoms with van der Waals surface area (Å²) >= 11 is 0. The Morgan fingerprint density at radius 3 is 2.36 bits per heavy atom. The second-order valence-electron chi connectivity index (χ2n) is 2.72. The molecule has 2 N–H and O–H groups in total. The monoisotopic (exact) mass is 169 g/mol. The number of quaternary nitrogens is 1. The predicted octanol–water partition coefficient (Wildman–Crippen LogP) is -0.744. The predicted molar refractivity (Wildman–Crippen MR) is 43.8 cm³/mol. The van der Waals surface area contributed by atoms with Crippen molar-refractivity contribution in [3.8, 4) is 0 Å². The van der Waals surface area contributed by atoms with Crippen LogP contribution < -0.4 is 0 Å². The SMILES string of the molecule is CC(O)[N+]1(C)C=NCC1.[Na].[OH-]. The average Bonchev–Trinajstić information content (AvgIpc) is 2.16. The minimum atomic E-state index is -0.323. The maximum atomic E-state index is 9.19. The van der Waals surface area contributed by atoms with Crippen molar-refractivity contribution in [3.63, 3.8) is 0 Å². The third-order valence-electron chi connectivity index (χ3n) is 1.91. The Bertz CT molecular complexity index is 141. The molecule has 2 atom stereocenters. The molecular formula is C6H14N2NaO2. The molecule has 0 amide bonds. The van der Waals surface area contributed by atoms with Crippen molar-refractivity contribution in [1.82, 2.24) is 0 Å². The summed E-state index contributed by atoms with van der Waals surface area (Å²) in [6.07, 6.45) is 1.49. The fourth-order valence-electron chi connectivity index (χ4n) is 0.859. The number of hydrogen-bond acceptors (Lipinski definition) is 3. The van der Waals surface area contributed by atoms with Crippen LogP contribution >= 0.6 is 0 Å². The zero-order chi connectivity index (χ0) is 6.91. The van der Waals surface area contributed by atoms with E-state index in [4.69, 9.17) is 0 Å². The van der Waals surface area contributed by atoms with E-state index in [1.807, 2.05) is 13.4 Å². The fraction of sp³-hybridized carbons (Fsp3) is 0.833. The summed E-state index contributed by atoms with van der Waals surface area (Å²) in [5.74, 6) is 0. The molecule has 5 heteroatoms. The van der Waals surface area contributed by atoms with Crippen LogP contribution in [0.15, 0.2) is 4.99 Å². The number of hydrogen-bond donors (Lipinski definition) is 1. The van der Waals surface area contributed by atoms with E-state index in [0.29, 0.717) is 4.48 Å². The first-order valence-corrected chi connectivity index (χ1v) is 3.19. The van der Waals surface area contributed by atoms with Gasteiger partial charge in [0.25, 0.3) is 0 Å². The smallest absolute Gasteiger partial charge is 0.192 e. The first-order chi connectivity index (χ1) is 4.15. The molecule has 2 unspecified atom stereocenters. The molecule has 11 heavy (non-hydrogen) atoms. The largest absolute Gasteiger partial charge is 0.870 e. The van der Waals surface area contributed by atoms with Gasteiger partial charge in [0.05, 0.1) is 13.6 Å². The summed E-state index contributed by atoms with van der Waals surface area (Å²) in [5.41, 5.74) is 0. The summed E-state index contributed by atoms with van der Waals surface area (Å²) < 4.78 is 0.569. The molecule has 0 spiro atoms. The van der Waals surface area contributed by atoms with Gasteiger partial charge in [-0.2, -0.15) is 0 Å². The summed E-state index contributed by atoms with van der Waals surface area (Å²) in [6, 6.07) is 0. The van der Waals surface area contributed by atoms with Gasteiger partial charge >= 0.3 is 0 Å². The van der Waals surface area contributed by atoms with Gasteiger partial charge in [-0.15, -0.1) is 0 Å². The molecule has 61 valence electrons. The van der Waals surface area contributed by atoms with E-state index in [2.05, 4.69) is 4.99 Å². The Morgan fingerprint density at radius 2 is 2.18 bits per heavy atom. The van der Waals surface area contributed by atoms with Gasteiger partial charge in [0, 0.05) is 36.5 Å². The molecule has 1 heterocycles. The van der Waals surface area contributed by atoms with Crippen LogP contribution in [0.1, 0.15) is 6.92 Å². The Kier molecular flexibility index (Phi) is 6.72. The topological polar surface area (TPSA) is 62.6 Å². The molecule has 0 fully saturated rings. The Balaban J connectivity index is 0. The summed E-state index contributed by atoms with van der Waals surface area (Å²) in [7, 11) is 1.97. The minimum absolute atomic E-state index is 0. The van der Waals surface area contributed by atoms with Gasteiger partial charge < -0.3 is 10.6 Å². The van der Waals surface area contributed by atoms with Gasteiger partial charge in [0.1, 0.15) is 6.54 Å². The molecule has 0 aromatic rings. The quantitative estimate of drug-likeness (QED) is 0.415. The van der Waals surface area contributed by atoms with Gasteiger partial charge in [-0.1, -0.05) is 0 Å². The van der Waals surface area contributed by atoms with Crippen LogP contribution in [0.3, 0.4) is 0 Å². The van der Waals surface area contributed by atoms with Crippen LogP contribution in [-0.4, -0.2) is 77.3 Å². The van der Waals surface area contributed by atoms with Crippen LogP contribution in [0.4, 0.5) is 0 Å². The molecule has 0 aliphatic carbocycles. The van der Waals surface area contributed by atoms with E-state index in [9.17, 15) is 5.11 Å². The van der Waals surface area contributed by atoms with E-state index in [1.54, 1.807) is 6.92 Å². The average molecular weight is 169 g/mol. The Morgan fingerprint density at radius 1 is 1.64 bits per heavy atom. The molecule has 0 bridgehead atoms. The zero-order valence-electron chi connectivity index (χ0n) is 7.36. The third-order valence-corrected chi connectivity index (χ3v) is 1.91. The number of aliphatic hydroxyl groups is 1. The number of aliphatic hydroxyl groups excluding tert-OH is 1. The molecular weight excluding hydrogens is 155 g/mol. The maximum Gasteiger partial charge on any atom is 0.192 e. The van der Waals surface area contributed by atoms with Crippen LogP contribution in [0, 0.1) is 0 Å². The van der Waals surface area contributed by atoms with Gasteiger partial charge in [0.15, 0.2) is 12.6 Å². The number of nitrogens with zero attached hydrogens (tertiary/aromatic N) is 2. The van der Waals surface area contributed by atoms with Crippen LogP contribution in [0.2, 0.25) is 0 Å². The van der Waals surface area contributed by atoms with Gasteiger partial charge in [-0.05, 0) is 0 Å². The maximum absolute atomic E-state index is 9.19. The second-order valence-corrected chi connectivity index (χ2v) is 2.72. The third kappa shape index (κ3) is 3.19. The van der Waals surface area contributed by atoms with E-state index >= 15 is 0 Å². The number of aliphatic imine (C=N–C) groups is 1. The van der Waals surface area contributed by atoms with Gasteiger partial charge in [-0.25, -0.2) is 4.99 Å². The van der Waals surface area contributed by atoms with Crippen LogP contribution in [-0.2, 0) is 0 Å². The van der Waals surface area contributed by atoms with Gasteiger partial charge in [-0.3, -0.25) is 4.48 Å². The van der Waals surface area contributed by atoms with Crippen LogP contribution in [0.5, 0.6) is 0 Å². The minimum Gasteiger partial charge on any atom is -0.870 e. The molecule has 0 aromatic carbocycles. The summed E-state index contributed by atoms with van der Waals surface area (Å²) in [5, 5.41) is 9.19. The fourth-order valence-corrected chi connectivity index (χ4v) is 0.859. The molecule has 1 aliphatic rings. The molecule has 0 saturated heterocycles. The first kappa shape index (κ1) is 14.1. The van der Waals surface area contributed by atoms with Crippen molar-refractivity contribution in [2.24, 2.45) is 4.99 Å². The second kappa shape index (κ2) is 5.24. The van der Waals surface area contributed by atoms with E-state index in [-0.39, 0.29) is 41.3 Å². The van der Waals surface area contributed by atoms with E-state index < -0.39 is 0 Å². The first-order valence-electron chi connectivity index (χ1n) is 3.19. The molecule has 1 radical (unpaired) electrons. The molecule has 0 saturated carbocycles. The molecule has 0 aromatic heterocycles. The number of rotatable bonds is 1. The number of likely N-dealkylation sites (N-methyl/N-ethyl adjacent to an activating group) is 1. The standard InChI is InChI=1S/C6H13N2O.Na.H2O/c1-6(9)8(2)4-3-7-5-8;;/h5-6,9H,3-4H2,1-2H3;;1H2/q+1;;/p-1. The van der Waals surface area contributed by atoms with Crippen molar-refractivity contribution in [2.45, 2.75) is 13.2 Å². The summed E-state index contributed by atoms with van der Waals surface area (Å²) in [6.45, 7) is 3.57. The molecule has 1 rings (SSSR count). The van der Waals surface area contributed by atoms with Crippen molar-refractivity contribution < 1.29 is 15.1 Å².